The summed E-state index contributed by atoms with van der Waals surface area (Å²) >= 11 is 0. The lowest BCUT2D eigenvalue weighted by molar-refractivity contribution is 0.0470. The Bertz CT molecular complexity index is 892. The Kier molecular flexibility index (Phi) is 4.41. The number of fused-ring (bicyclic) bond motifs is 1. The molecule has 1 aromatic heterocycles. The van der Waals surface area contributed by atoms with Crippen molar-refractivity contribution in [1.82, 2.24) is 15.0 Å². The van der Waals surface area contributed by atoms with E-state index >= 15 is 0 Å². The molecule has 3 aromatic rings. The molecule has 124 valence electrons. The van der Waals surface area contributed by atoms with Gasteiger partial charge in [-0.15, -0.1) is 5.10 Å². The number of carbonyl (C=O) groups excluding carboxylic acids is 1. The average molecular weight is 329 g/mol. The molecule has 0 radical (unpaired) electrons. The van der Waals surface area contributed by atoms with Crippen molar-refractivity contribution in [2.45, 2.75) is 20.1 Å². The predicted octanol–water partition coefficient (Wildman–Crippen LogP) is 2.96. The lowest BCUT2D eigenvalue weighted by Gasteiger charge is -2.09. The summed E-state index contributed by atoms with van der Waals surface area (Å²) in [6.45, 7) is 2.57. The van der Waals surface area contributed by atoms with Gasteiger partial charge in [-0.2, -0.15) is 0 Å². The number of hydrogen-bond donors (Lipinski definition) is 0. The highest BCUT2D eigenvalue weighted by Crippen LogP contribution is 2.21. The second-order valence-corrected chi connectivity index (χ2v) is 5.14. The summed E-state index contributed by atoms with van der Waals surface area (Å²) in [5.41, 5.74) is 2.29. The van der Waals surface area contributed by atoms with Crippen molar-refractivity contribution >= 4 is 17.0 Å². The van der Waals surface area contributed by atoms with E-state index in [1.165, 1.54) is 25.3 Å². The molecule has 0 saturated heterocycles. The van der Waals surface area contributed by atoms with E-state index in [-0.39, 0.29) is 6.61 Å². The Morgan fingerprint density at radius 1 is 1.25 bits per heavy atom. The van der Waals surface area contributed by atoms with Crippen molar-refractivity contribution < 1.29 is 18.7 Å². The second-order valence-electron chi connectivity index (χ2n) is 5.14. The molecule has 7 heteroatoms. The van der Waals surface area contributed by atoms with E-state index < -0.39 is 11.8 Å². The Hall–Kier alpha value is -2.96. The zero-order valence-electron chi connectivity index (χ0n) is 13.3. The molecule has 0 N–H and O–H groups in total. The van der Waals surface area contributed by atoms with Gasteiger partial charge in [-0.25, -0.2) is 13.9 Å². The fraction of sp³-hybridized carbons (Fsp3) is 0.235. The summed E-state index contributed by atoms with van der Waals surface area (Å²) in [6, 6.07) is 9.12. The number of methoxy groups -OCH3 is 1. The first-order valence-electron chi connectivity index (χ1n) is 7.45. The molecule has 0 amide bonds. The summed E-state index contributed by atoms with van der Waals surface area (Å²) < 4.78 is 25.5. The molecule has 0 aliphatic rings. The molecule has 0 spiro atoms. The van der Waals surface area contributed by atoms with Gasteiger partial charge >= 0.3 is 5.97 Å². The number of hydrogen-bond acceptors (Lipinski definition) is 5. The maximum absolute atomic E-state index is 13.3. The van der Waals surface area contributed by atoms with Crippen molar-refractivity contribution in [3.05, 3.63) is 53.3 Å². The normalized spacial score (nSPS) is 10.8. The molecule has 6 nitrogen and oxygen atoms in total. The first-order valence-corrected chi connectivity index (χ1v) is 7.45. The highest BCUT2D eigenvalue weighted by atomic mass is 19.1. The van der Waals surface area contributed by atoms with Crippen LogP contribution in [-0.2, 0) is 17.9 Å². The van der Waals surface area contributed by atoms with Crippen LogP contribution in [0.25, 0.3) is 11.0 Å². The molecule has 0 saturated carbocycles. The number of benzene rings is 2. The minimum absolute atomic E-state index is 0.0839. The van der Waals surface area contributed by atoms with Gasteiger partial charge in [0.1, 0.15) is 23.7 Å². The van der Waals surface area contributed by atoms with E-state index in [1.54, 1.807) is 22.9 Å². The SMILES string of the molecule is CCn1nnc2cc(C(=O)OCc3cc(F)ccc3OC)ccc21. The van der Waals surface area contributed by atoms with Gasteiger partial charge in [-0.3, -0.25) is 0 Å². The number of esters is 1. The van der Waals surface area contributed by atoms with Crippen LogP contribution in [0.4, 0.5) is 4.39 Å². The number of rotatable bonds is 5. The standard InChI is InChI=1S/C17H16FN3O3/c1-3-21-15-6-4-11(9-14(15)19-20-21)17(22)24-10-12-8-13(18)5-7-16(12)23-2/h4-9H,3,10H2,1-2H3. The minimum Gasteiger partial charge on any atom is -0.496 e. The summed E-state index contributed by atoms with van der Waals surface area (Å²) in [5.74, 6) is -0.473. The predicted molar refractivity (Wildman–Crippen MR) is 85.3 cm³/mol. The van der Waals surface area contributed by atoms with Gasteiger partial charge in [0, 0.05) is 12.1 Å². The van der Waals surface area contributed by atoms with Crippen LogP contribution in [0.5, 0.6) is 5.75 Å². The first kappa shape index (κ1) is 15.9. The highest BCUT2D eigenvalue weighted by molar-refractivity contribution is 5.93. The Balaban J connectivity index is 1.77. The van der Waals surface area contributed by atoms with E-state index in [0.717, 1.165) is 5.52 Å². The number of halogens is 1. The van der Waals surface area contributed by atoms with Crippen molar-refractivity contribution in [1.29, 1.82) is 0 Å². The van der Waals surface area contributed by atoms with E-state index in [0.29, 0.717) is 28.9 Å². The van der Waals surface area contributed by atoms with Crippen molar-refractivity contribution in [2.24, 2.45) is 0 Å². The van der Waals surface area contributed by atoms with Gasteiger partial charge in [0.05, 0.1) is 18.2 Å². The summed E-state index contributed by atoms with van der Waals surface area (Å²) in [4.78, 5) is 12.2. The van der Waals surface area contributed by atoms with Crippen molar-refractivity contribution in [3.63, 3.8) is 0 Å². The molecule has 0 fully saturated rings. The molecular formula is C17H16FN3O3. The van der Waals surface area contributed by atoms with Crippen molar-refractivity contribution in [2.75, 3.05) is 7.11 Å². The third kappa shape index (κ3) is 3.05. The summed E-state index contributed by atoms with van der Waals surface area (Å²) in [6.07, 6.45) is 0. The third-order valence-electron chi connectivity index (χ3n) is 3.65. The number of aryl methyl sites for hydroxylation is 1. The van der Waals surface area contributed by atoms with Crippen LogP contribution < -0.4 is 4.74 Å². The van der Waals surface area contributed by atoms with Gasteiger partial charge in [0.2, 0.25) is 0 Å². The van der Waals surface area contributed by atoms with Gasteiger partial charge in [-0.1, -0.05) is 5.21 Å². The minimum atomic E-state index is -0.519. The smallest absolute Gasteiger partial charge is 0.338 e. The van der Waals surface area contributed by atoms with Crippen LogP contribution >= 0.6 is 0 Å². The second kappa shape index (κ2) is 6.66. The van der Waals surface area contributed by atoms with E-state index in [4.69, 9.17) is 9.47 Å². The summed E-state index contributed by atoms with van der Waals surface area (Å²) in [5, 5.41) is 8.02. The fourth-order valence-electron chi connectivity index (χ4n) is 2.42. The fourth-order valence-corrected chi connectivity index (χ4v) is 2.42. The molecule has 0 aliphatic carbocycles. The van der Waals surface area contributed by atoms with E-state index in [2.05, 4.69) is 10.3 Å². The lowest BCUT2D eigenvalue weighted by Crippen LogP contribution is -2.06. The maximum Gasteiger partial charge on any atom is 0.338 e. The van der Waals surface area contributed by atoms with Crippen LogP contribution in [0.1, 0.15) is 22.8 Å². The zero-order valence-corrected chi connectivity index (χ0v) is 13.3. The van der Waals surface area contributed by atoms with Crippen LogP contribution in [0.3, 0.4) is 0 Å². The van der Waals surface area contributed by atoms with Gasteiger partial charge < -0.3 is 9.47 Å². The molecule has 0 unspecified atom stereocenters. The monoisotopic (exact) mass is 329 g/mol. The molecule has 2 aromatic carbocycles. The average Bonchev–Trinajstić information content (AvgIpc) is 3.02. The van der Waals surface area contributed by atoms with E-state index in [9.17, 15) is 9.18 Å². The molecule has 3 rings (SSSR count). The van der Waals surface area contributed by atoms with Gasteiger partial charge in [0.25, 0.3) is 0 Å². The number of aromatic nitrogens is 3. The van der Waals surface area contributed by atoms with Gasteiger partial charge in [0.15, 0.2) is 0 Å². The first-order chi connectivity index (χ1) is 11.6. The molecule has 24 heavy (non-hydrogen) atoms. The molecule has 0 aliphatic heterocycles. The lowest BCUT2D eigenvalue weighted by atomic mass is 10.2. The Morgan fingerprint density at radius 3 is 2.83 bits per heavy atom. The van der Waals surface area contributed by atoms with Crippen LogP contribution in [-0.4, -0.2) is 28.1 Å². The highest BCUT2D eigenvalue weighted by Gasteiger charge is 2.13. The van der Waals surface area contributed by atoms with E-state index in [1.807, 2.05) is 6.92 Å². The van der Waals surface area contributed by atoms with Gasteiger partial charge in [-0.05, 0) is 43.3 Å². The number of ether oxygens (including phenoxy) is 2. The molecule has 0 atom stereocenters. The largest absolute Gasteiger partial charge is 0.496 e. The number of nitrogens with zero attached hydrogens (tertiary/aromatic N) is 3. The zero-order chi connectivity index (χ0) is 17.1. The number of carbonyl (C=O) groups is 1. The third-order valence-corrected chi connectivity index (χ3v) is 3.65. The van der Waals surface area contributed by atoms with Crippen LogP contribution in [0.15, 0.2) is 36.4 Å². The Labute approximate surface area is 137 Å². The van der Waals surface area contributed by atoms with Crippen LogP contribution in [0, 0.1) is 5.82 Å². The molecule has 1 heterocycles. The molecule has 0 bridgehead atoms. The molecular weight excluding hydrogens is 313 g/mol. The van der Waals surface area contributed by atoms with Crippen LogP contribution in [0.2, 0.25) is 0 Å². The summed E-state index contributed by atoms with van der Waals surface area (Å²) in [7, 11) is 1.48. The maximum atomic E-state index is 13.3. The van der Waals surface area contributed by atoms with Crippen molar-refractivity contribution in [3.8, 4) is 5.75 Å². The topological polar surface area (TPSA) is 66.2 Å². The Morgan fingerprint density at radius 2 is 2.08 bits per heavy atom. The quantitative estimate of drug-likeness (QED) is 0.673.